The van der Waals surface area contributed by atoms with Gasteiger partial charge in [0.15, 0.2) is 5.58 Å². The Morgan fingerprint density at radius 1 is 0.977 bits per heavy atom. The number of aliphatic carboxylic acids is 1. The van der Waals surface area contributed by atoms with Crippen molar-refractivity contribution >= 4 is 46.0 Å². The molecule has 0 spiro atoms. The summed E-state index contributed by atoms with van der Waals surface area (Å²) in [5.74, 6) is -0.536. The molecule has 2 N–H and O–H groups in total. The van der Waals surface area contributed by atoms with E-state index < -0.39 is 5.97 Å². The first-order chi connectivity index (χ1) is 20.8. The highest BCUT2D eigenvalue weighted by molar-refractivity contribution is 6.36. The number of nitrogens with one attached hydrogen (secondary N) is 1. The largest absolute Gasteiger partial charge is 0.481 e. The number of hydrogen-bond donors (Lipinski definition) is 2. The molecule has 2 saturated heterocycles. The van der Waals surface area contributed by atoms with Crippen LogP contribution in [-0.4, -0.2) is 59.2 Å². The molecule has 1 aliphatic carbocycles. The van der Waals surface area contributed by atoms with Gasteiger partial charge in [-0.1, -0.05) is 47.5 Å². The van der Waals surface area contributed by atoms with Crippen LogP contribution >= 0.6 is 23.2 Å². The molecule has 1 saturated carbocycles. The lowest BCUT2D eigenvalue weighted by Gasteiger charge is -2.35. The molecule has 4 aromatic rings. The number of hydrogen-bond acceptors (Lipinski definition) is 6. The average Bonchev–Trinajstić information content (AvgIpc) is 3.49. The van der Waals surface area contributed by atoms with Crippen molar-refractivity contribution in [1.29, 1.82) is 0 Å². The summed E-state index contributed by atoms with van der Waals surface area (Å²) in [5.41, 5.74) is 7.29. The number of nitrogens with zero attached hydrogens (tertiary/aromatic N) is 3. The normalized spacial score (nSPS) is 19.9. The van der Waals surface area contributed by atoms with E-state index in [0.29, 0.717) is 47.6 Å². The highest BCUT2D eigenvalue weighted by atomic mass is 35.5. The third-order valence-corrected chi connectivity index (χ3v) is 9.93. The van der Waals surface area contributed by atoms with Crippen LogP contribution in [0.4, 0.5) is 5.69 Å². The molecule has 3 fully saturated rings. The number of carboxylic acids is 1. The minimum absolute atomic E-state index is 0.316. The van der Waals surface area contributed by atoms with Crippen molar-refractivity contribution in [3.63, 3.8) is 0 Å². The molecule has 1 unspecified atom stereocenters. The molecule has 3 aromatic carbocycles. The summed E-state index contributed by atoms with van der Waals surface area (Å²) < 4.78 is 6.24. The van der Waals surface area contributed by atoms with Crippen LogP contribution in [0.2, 0.25) is 10.0 Å². The van der Waals surface area contributed by atoms with Gasteiger partial charge in [-0.05, 0) is 86.5 Å². The fourth-order valence-corrected chi connectivity index (χ4v) is 7.31. The molecule has 0 amide bonds. The van der Waals surface area contributed by atoms with Crippen LogP contribution < -0.4 is 10.2 Å². The van der Waals surface area contributed by atoms with Crippen LogP contribution in [0.25, 0.3) is 33.7 Å². The number of rotatable bonds is 8. The van der Waals surface area contributed by atoms with Crippen molar-refractivity contribution in [2.24, 2.45) is 5.92 Å². The van der Waals surface area contributed by atoms with E-state index in [1.807, 2.05) is 24.3 Å². The zero-order chi connectivity index (χ0) is 29.7. The van der Waals surface area contributed by atoms with E-state index in [-0.39, 0.29) is 5.92 Å². The molecule has 3 aliphatic rings. The Morgan fingerprint density at radius 2 is 1.70 bits per heavy atom. The average molecular weight is 620 g/mol. The van der Waals surface area contributed by atoms with E-state index in [2.05, 4.69) is 46.3 Å². The maximum absolute atomic E-state index is 11.4. The Kier molecular flexibility index (Phi) is 7.84. The van der Waals surface area contributed by atoms with Gasteiger partial charge in [-0.3, -0.25) is 9.69 Å². The number of anilines is 1. The second-order valence-corrected chi connectivity index (χ2v) is 13.1. The molecule has 3 heterocycles. The Bertz CT molecular complexity index is 1680. The first-order valence-electron chi connectivity index (χ1n) is 15.3. The van der Waals surface area contributed by atoms with Crippen molar-refractivity contribution in [1.82, 2.24) is 15.2 Å². The lowest BCUT2D eigenvalue weighted by atomic mass is 9.95. The minimum atomic E-state index is -0.732. The molecular formula is C34H36Cl2N4O3. The summed E-state index contributed by atoms with van der Waals surface area (Å²) in [6.07, 6.45) is 5.57. The van der Waals surface area contributed by atoms with Crippen LogP contribution in [0.1, 0.15) is 43.2 Å². The van der Waals surface area contributed by atoms with Gasteiger partial charge in [0.25, 0.3) is 0 Å². The summed E-state index contributed by atoms with van der Waals surface area (Å²) in [6.45, 7) is 5.99. The van der Waals surface area contributed by atoms with Crippen molar-refractivity contribution in [2.45, 2.75) is 57.7 Å². The SMILES string of the molecule is Cc1c(-c2nc3cc(CN4CCC(C(=O)O)C4)cc(Cl)c3o2)cccc1-c1cccc(N2CCC(NC3CC3)CC2)c1Cl. The molecule has 7 nitrogen and oxygen atoms in total. The van der Waals surface area contributed by atoms with Crippen molar-refractivity contribution < 1.29 is 14.3 Å². The third kappa shape index (κ3) is 5.88. The van der Waals surface area contributed by atoms with Gasteiger partial charge in [0.1, 0.15) is 5.52 Å². The lowest BCUT2D eigenvalue weighted by Crippen LogP contribution is -2.43. The van der Waals surface area contributed by atoms with E-state index in [4.69, 9.17) is 32.6 Å². The van der Waals surface area contributed by atoms with Crippen molar-refractivity contribution in [2.75, 3.05) is 31.1 Å². The summed E-state index contributed by atoms with van der Waals surface area (Å²) in [5, 5.41) is 14.4. The van der Waals surface area contributed by atoms with Gasteiger partial charge < -0.3 is 19.7 Å². The zero-order valence-corrected chi connectivity index (χ0v) is 25.8. The molecule has 224 valence electrons. The first kappa shape index (κ1) is 28.7. The molecule has 43 heavy (non-hydrogen) atoms. The number of benzene rings is 3. The predicted octanol–water partition coefficient (Wildman–Crippen LogP) is 7.40. The Morgan fingerprint density at radius 3 is 2.44 bits per heavy atom. The van der Waals surface area contributed by atoms with Gasteiger partial charge in [0.05, 0.1) is 21.7 Å². The quantitative estimate of drug-likeness (QED) is 0.213. The molecule has 1 aromatic heterocycles. The number of aromatic nitrogens is 1. The van der Waals surface area contributed by atoms with Gasteiger partial charge in [0, 0.05) is 49.4 Å². The molecule has 0 radical (unpaired) electrons. The zero-order valence-electron chi connectivity index (χ0n) is 24.3. The van der Waals surface area contributed by atoms with E-state index >= 15 is 0 Å². The summed E-state index contributed by atoms with van der Waals surface area (Å²) in [6, 6.07) is 17.7. The van der Waals surface area contributed by atoms with Gasteiger partial charge in [-0.25, -0.2) is 4.98 Å². The van der Waals surface area contributed by atoms with Crippen LogP contribution in [0, 0.1) is 12.8 Å². The van der Waals surface area contributed by atoms with Crippen LogP contribution in [0.15, 0.2) is 52.9 Å². The highest BCUT2D eigenvalue weighted by Gasteiger charge is 2.29. The number of piperidine rings is 1. The molecule has 9 heteroatoms. The monoisotopic (exact) mass is 618 g/mol. The molecular weight excluding hydrogens is 583 g/mol. The number of carbonyl (C=O) groups is 1. The predicted molar refractivity (Wildman–Crippen MR) is 172 cm³/mol. The number of halogens is 2. The number of oxazole rings is 1. The second kappa shape index (κ2) is 11.8. The van der Waals surface area contributed by atoms with E-state index in [1.54, 1.807) is 0 Å². The van der Waals surface area contributed by atoms with Crippen LogP contribution in [0.3, 0.4) is 0 Å². The fourth-order valence-electron chi connectivity index (χ4n) is 6.69. The Hall–Kier alpha value is -3.10. The summed E-state index contributed by atoms with van der Waals surface area (Å²) in [4.78, 5) is 20.8. The van der Waals surface area contributed by atoms with E-state index in [0.717, 1.165) is 77.0 Å². The third-order valence-electron chi connectivity index (χ3n) is 9.25. The second-order valence-electron chi connectivity index (χ2n) is 12.3. The summed E-state index contributed by atoms with van der Waals surface area (Å²) in [7, 11) is 0. The fraction of sp³-hybridized carbons (Fsp3) is 0.412. The molecule has 0 bridgehead atoms. The van der Waals surface area contributed by atoms with Gasteiger partial charge in [-0.15, -0.1) is 0 Å². The van der Waals surface area contributed by atoms with Crippen molar-refractivity contribution in [3.05, 3.63) is 69.7 Å². The molecule has 1 atom stereocenters. The molecule has 7 rings (SSSR count). The topological polar surface area (TPSA) is 81.8 Å². The Labute approximate surface area is 261 Å². The lowest BCUT2D eigenvalue weighted by molar-refractivity contribution is -0.141. The maximum atomic E-state index is 11.4. The highest BCUT2D eigenvalue weighted by Crippen LogP contribution is 2.41. The number of fused-ring (bicyclic) bond motifs is 1. The van der Waals surface area contributed by atoms with Crippen molar-refractivity contribution in [3.8, 4) is 22.6 Å². The molecule has 2 aliphatic heterocycles. The maximum Gasteiger partial charge on any atom is 0.307 e. The van der Waals surface area contributed by atoms with Crippen LogP contribution in [0.5, 0.6) is 0 Å². The standard InChI is InChI=1S/C34H36Cl2N4O3/c1-20-25(27-6-3-7-30(31(27)36)40-14-11-24(12-15-40)37-23-8-9-23)4-2-5-26(20)33-38-29-17-21(16-28(35)32(29)43-33)18-39-13-10-22(19-39)34(41)42/h2-7,16-17,22-24,37H,8-15,18-19H2,1H3,(H,41,42). The van der Waals surface area contributed by atoms with E-state index in [9.17, 15) is 9.90 Å². The van der Waals surface area contributed by atoms with Gasteiger partial charge in [0.2, 0.25) is 5.89 Å². The number of carboxylic acid groups (broad SMARTS) is 1. The smallest absolute Gasteiger partial charge is 0.307 e. The Balaban J connectivity index is 1.14. The van der Waals surface area contributed by atoms with Gasteiger partial charge in [-0.2, -0.15) is 0 Å². The first-order valence-corrected chi connectivity index (χ1v) is 16.0. The number of likely N-dealkylation sites (tertiary alicyclic amines) is 1. The summed E-state index contributed by atoms with van der Waals surface area (Å²) >= 11 is 13.8. The van der Waals surface area contributed by atoms with Gasteiger partial charge >= 0.3 is 5.97 Å². The minimum Gasteiger partial charge on any atom is -0.481 e. The van der Waals surface area contributed by atoms with Crippen LogP contribution in [-0.2, 0) is 11.3 Å². The van der Waals surface area contributed by atoms with E-state index in [1.165, 1.54) is 12.8 Å².